The van der Waals surface area contributed by atoms with Crippen molar-refractivity contribution >= 4 is 0 Å². The number of pyridine rings is 1. The molecule has 4 heteroatoms. The van der Waals surface area contributed by atoms with E-state index >= 15 is 0 Å². The smallest absolute Gasteiger partial charge is 0.232 e. The average molecular weight is 231 g/mol. The molecule has 1 saturated heterocycles. The minimum atomic E-state index is 0.129. The maximum atomic E-state index is 9.13. The zero-order valence-electron chi connectivity index (χ0n) is 10.3. The maximum absolute atomic E-state index is 9.13. The van der Waals surface area contributed by atoms with Gasteiger partial charge in [-0.2, -0.15) is 5.26 Å². The third-order valence-electron chi connectivity index (χ3n) is 2.95. The van der Waals surface area contributed by atoms with Crippen LogP contribution in [0.25, 0.3) is 0 Å². The predicted molar refractivity (Wildman–Crippen MR) is 64.9 cm³/mol. The van der Waals surface area contributed by atoms with E-state index in [0.29, 0.717) is 11.4 Å². The average Bonchev–Trinajstić information content (AvgIpc) is 2.30. The molecule has 1 aromatic heterocycles. The van der Waals surface area contributed by atoms with Gasteiger partial charge in [-0.15, -0.1) is 0 Å². The van der Waals surface area contributed by atoms with Gasteiger partial charge in [-0.1, -0.05) is 0 Å². The zero-order valence-corrected chi connectivity index (χ0v) is 10.3. The summed E-state index contributed by atoms with van der Waals surface area (Å²) in [6.45, 7) is 5.71. The SMILES string of the molecule is Cc1cc(C)c(C#N)c(OC2CCCNC2)n1. The molecule has 1 aliphatic rings. The first-order chi connectivity index (χ1) is 8.20. The van der Waals surface area contributed by atoms with Crippen molar-refractivity contribution in [2.24, 2.45) is 0 Å². The summed E-state index contributed by atoms with van der Waals surface area (Å²) < 4.78 is 5.84. The Morgan fingerprint density at radius 2 is 2.35 bits per heavy atom. The molecule has 0 saturated carbocycles. The molecule has 0 bridgehead atoms. The Bertz CT molecular complexity index is 445. The summed E-state index contributed by atoms with van der Waals surface area (Å²) in [6, 6.07) is 4.08. The summed E-state index contributed by atoms with van der Waals surface area (Å²) in [4.78, 5) is 4.33. The lowest BCUT2D eigenvalue weighted by atomic mass is 10.1. The Hall–Kier alpha value is -1.60. The molecular weight excluding hydrogens is 214 g/mol. The van der Waals surface area contributed by atoms with Crippen LogP contribution in [0.3, 0.4) is 0 Å². The van der Waals surface area contributed by atoms with Crippen molar-refractivity contribution in [1.82, 2.24) is 10.3 Å². The summed E-state index contributed by atoms with van der Waals surface area (Å²) in [7, 11) is 0. The van der Waals surface area contributed by atoms with Crippen LogP contribution in [-0.2, 0) is 0 Å². The molecular formula is C13H17N3O. The number of nitrogens with zero attached hydrogens (tertiary/aromatic N) is 2. The van der Waals surface area contributed by atoms with E-state index in [1.54, 1.807) is 0 Å². The maximum Gasteiger partial charge on any atom is 0.232 e. The fourth-order valence-electron chi connectivity index (χ4n) is 2.10. The Morgan fingerprint density at radius 3 is 3.00 bits per heavy atom. The number of nitriles is 1. The third-order valence-corrected chi connectivity index (χ3v) is 2.95. The van der Waals surface area contributed by atoms with Crippen LogP contribution in [0.15, 0.2) is 6.07 Å². The highest BCUT2D eigenvalue weighted by molar-refractivity contribution is 5.45. The number of aryl methyl sites for hydroxylation is 2. The van der Waals surface area contributed by atoms with Crippen molar-refractivity contribution in [3.8, 4) is 11.9 Å². The van der Waals surface area contributed by atoms with E-state index in [4.69, 9.17) is 10.00 Å². The Morgan fingerprint density at radius 1 is 1.53 bits per heavy atom. The lowest BCUT2D eigenvalue weighted by Gasteiger charge is -2.24. The number of hydrogen-bond acceptors (Lipinski definition) is 4. The molecule has 1 N–H and O–H groups in total. The first kappa shape index (κ1) is 11.9. The van der Waals surface area contributed by atoms with E-state index in [9.17, 15) is 0 Å². The molecule has 1 aromatic rings. The number of rotatable bonds is 2. The summed E-state index contributed by atoms with van der Waals surface area (Å²) in [6.07, 6.45) is 2.26. The molecule has 1 unspecified atom stereocenters. The quantitative estimate of drug-likeness (QED) is 0.841. The number of ether oxygens (including phenoxy) is 1. The molecule has 2 heterocycles. The monoisotopic (exact) mass is 231 g/mol. The second-order valence-electron chi connectivity index (χ2n) is 4.46. The molecule has 17 heavy (non-hydrogen) atoms. The van der Waals surface area contributed by atoms with Gasteiger partial charge < -0.3 is 10.1 Å². The minimum Gasteiger partial charge on any atom is -0.472 e. The van der Waals surface area contributed by atoms with Crippen molar-refractivity contribution in [2.45, 2.75) is 32.8 Å². The fourth-order valence-corrected chi connectivity index (χ4v) is 2.10. The second kappa shape index (κ2) is 5.15. The highest BCUT2D eigenvalue weighted by Gasteiger charge is 2.18. The molecule has 1 aliphatic heterocycles. The standard InChI is InChI=1S/C13H17N3O/c1-9-6-10(2)16-13(12(9)7-14)17-11-4-3-5-15-8-11/h6,11,15H,3-5,8H2,1-2H3. The van der Waals surface area contributed by atoms with E-state index in [0.717, 1.165) is 37.2 Å². The van der Waals surface area contributed by atoms with Crippen molar-refractivity contribution in [2.75, 3.05) is 13.1 Å². The lowest BCUT2D eigenvalue weighted by molar-refractivity contribution is 0.159. The van der Waals surface area contributed by atoms with Crippen molar-refractivity contribution < 1.29 is 4.74 Å². The first-order valence-electron chi connectivity index (χ1n) is 5.96. The van der Waals surface area contributed by atoms with Crippen LogP contribution in [-0.4, -0.2) is 24.2 Å². The first-order valence-corrected chi connectivity index (χ1v) is 5.96. The summed E-state index contributed by atoms with van der Waals surface area (Å²) >= 11 is 0. The van der Waals surface area contributed by atoms with Gasteiger partial charge in [0.25, 0.3) is 0 Å². The molecule has 1 fully saturated rings. The highest BCUT2D eigenvalue weighted by atomic mass is 16.5. The molecule has 4 nitrogen and oxygen atoms in total. The molecule has 0 aliphatic carbocycles. The van der Waals surface area contributed by atoms with Crippen molar-refractivity contribution in [3.63, 3.8) is 0 Å². The van der Waals surface area contributed by atoms with Gasteiger partial charge in [-0.05, 0) is 44.9 Å². The van der Waals surface area contributed by atoms with Gasteiger partial charge >= 0.3 is 0 Å². The van der Waals surface area contributed by atoms with Gasteiger partial charge in [0.2, 0.25) is 5.88 Å². The van der Waals surface area contributed by atoms with Crippen LogP contribution in [0, 0.1) is 25.2 Å². The van der Waals surface area contributed by atoms with Crippen molar-refractivity contribution in [3.05, 3.63) is 22.9 Å². The van der Waals surface area contributed by atoms with E-state index in [1.807, 2.05) is 19.9 Å². The van der Waals surface area contributed by atoms with E-state index in [2.05, 4.69) is 16.4 Å². The molecule has 0 spiro atoms. The Balaban J connectivity index is 2.22. The van der Waals surface area contributed by atoms with Crippen LogP contribution in [0.5, 0.6) is 5.88 Å². The van der Waals surface area contributed by atoms with E-state index in [-0.39, 0.29) is 6.10 Å². The van der Waals surface area contributed by atoms with Gasteiger partial charge in [-0.3, -0.25) is 0 Å². The molecule has 1 atom stereocenters. The zero-order chi connectivity index (χ0) is 12.3. The van der Waals surface area contributed by atoms with E-state index < -0.39 is 0 Å². The molecule has 0 aromatic carbocycles. The normalized spacial score (nSPS) is 19.7. The van der Waals surface area contributed by atoms with Gasteiger partial charge in [0.05, 0.1) is 0 Å². The summed E-state index contributed by atoms with van der Waals surface area (Å²) in [5.74, 6) is 0.485. The molecule has 90 valence electrons. The second-order valence-corrected chi connectivity index (χ2v) is 4.46. The van der Waals surface area contributed by atoms with Crippen LogP contribution in [0.4, 0.5) is 0 Å². The number of nitrogens with one attached hydrogen (secondary N) is 1. The van der Waals surface area contributed by atoms with Crippen LogP contribution in [0.1, 0.15) is 29.7 Å². The van der Waals surface area contributed by atoms with Crippen molar-refractivity contribution in [1.29, 1.82) is 5.26 Å². The van der Waals surface area contributed by atoms with Gasteiger partial charge in [-0.25, -0.2) is 4.98 Å². The van der Waals surface area contributed by atoms with E-state index in [1.165, 1.54) is 0 Å². The van der Waals surface area contributed by atoms with Gasteiger partial charge in [0.1, 0.15) is 17.7 Å². The van der Waals surface area contributed by atoms with Crippen LogP contribution in [0.2, 0.25) is 0 Å². The summed E-state index contributed by atoms with van der Waals surface area (Å²) in [5.41, 5.74) is 2.38. The highest BCUT2D eigenvalue weighted by Crippen LogP contribution is 2.22. The number of hydrogen-bond donors (Lipinski definition) is 1. The predicted octanol–water partition coefficient (Wildman–Crippen LogP) is 1.70. The van der Waals surface area contributed by atoms with Gasteiger partial charge in [0, 0.05) is 12.2 Å². The lowest BCUT2D eigenvalue weighted by Crippen LogP contribution is -2.37. The largest absolute Gasteiger partial charge is 0.472 e. The Kier molecular flexibility index (Phi) is 3.60. The van der Waals surface area contributed by atoms with Crippen LogP contribution >= 0.6 is 0 Å². The third kappa shape index (κ3) is 2.75. The number of piperidine rings is 1. The molecule has 0 amide bonds. The van der Waals surface area contributed by atoms with Crippen LogP contribution < -0.4 is 10.1 Å². The van der Waals surface area contributed by atoms with Gasteiger partial charge in [0.15, 0.2) is 0 Å². The topological polar surface area (TPSA) is 57.9 Å². The Labute approximate surface area is 102 Å². The molecule has 2 rings (SSSR count). The number of aromatic nitrogens is 1. The molecule has 0 radical (unpaired) electrons. The fraction of sp³-hybridized carbons (Fsp3) is 0.538. The summed E-state index contributed by atoms with van der Waals surface area (Å²) in [5, 5.41) is 12.4. The minimum absolute atomic E-state index is 0.129.